The van der Waals surface area contributed by atoms with Crippen molar-refractivity contribution in [3.05, 3.63) is 4.88 Å². The molecule has 1 heterocycles. The molecule has 0 spiro atoms. The highest BCUT2D eigenvalue weighted by Crippen LogP contribution is 2.28. The first-order valence-electron chi connectivity index (χ1n) is 5.74. The fourth-order valence-corrected chi connectivity index (χ4v) is 2.36. The summed E-state index contributed by atoms with van der Waals surface area (Å²) in [5.41, 5.74) is 5.78. The van der Waals surface area contributed by atoms with Gasteiger partial charge in [-0.2, -0.15) is 0 Å². The maximum atomic E-state index is 12.3. The maximum Gasteiger partial charge on any atom is 0.268 e. The lowest BCUT2D eigenvalue weighted by molar-refractivity contribution is 0.0671. The number of nitrogens with two attached hydrogens (primary N) is 1. The SMILES string of the molecule is CC(C)N(CCO)C(=O)c1sc(N(C)C)nc1N. The predicted octanol–water partition coefficient (Wildman–Crippen LogP) is 0.634. The molecule has 0 radical (unpaired) electrons. The molecular weight excluding hydrogens is 252 g/mol. The van der Waals surface area contributed by atoms with E-state index >= 15 is 0 Å². The molecule has 0 unspecified atom stereocenters. The van der Waals surface area contributed by atoms with E-state index in [0.717, 1.165) is 0 Å². The van der Waals surface area contributed by atoms with Crippen LogP contribution in [-0.2, 0) is 0 Å². The van der Waals surface area contributed by atoms with Gasteiger partial charge in [0.15, 0.2) is 5.13 Å². The van der Waals surface area contributed by atoms with Crippen LogP contribution in [-0.4, -0.2) is 54.2 Å². The summed E-state index contributed by atoms with van der Waals surface area (Å²) in [7, 11) is 3.70. The van der Waals surface area contributed by atoms with Crippen LogP contribution in [0.2, 0.25) is 0 Å². The Kier molecular flexibility index (Phi) is 4.92. The summed E-state index contributed by atoms with van der Waals surface area (Å²) < 4.78 is 0. The Labute approximate surface area is 111 Å². The van der Waals surface area contributed by atoms with Crippen molar-refractivity contribution in [3.63, 3.8) is 0 Å². The van der Waals surface area contributed by atoms with Crippen LogP contribution in [0.5, 0.6) is 0 Å². The molecule has 1 aromatic heterocycles. The van der Waals surface area contributed by atoms with Crippen molar-refractivity contribution in [2.75, 3.05) is 37.9 Å². The van der Waals surface area contributed by atoms with Crippen LogP contribution >= 0.6 is 11.3 Å². The molecule has 18 heavy (non-hydrogen) atoms. The van der Waals surface area contributed by atoms with Crippen LogP contribution in [0.25, 0.3) is 0 Å². The quantitative estimate of drug-likeness (QED) is 0.821. The fraction of sp³-hybridized carbons (Fsp3) is 0.636. The highest BCUT2D eigenvalue weighted by Gasteiger charge is 2.24. The van der Waals surface area contributed by atoms with Gasteiger partial charge in [-0.1, -0.05) is 11.3 Å². The Hall–Kier alpha value is -1.34. The summed E-state index contributed by atoms with van der Waals surface area (Å²) >= 11 is 1.26. The smallest absolute Gasteiger partial charge is 0.268 e. The minimum absolute atomic E-state index is 0.00829. The molecule has 1 amide bonds. The highest BCUT2D eigenvalue weighted by atomic mass is 32.1. The Balaban J connectivity index is 3.01. The number of hydrogen-bond donors (Lipinski definition) is 2. The summed E-state index contributed by atoms with van der Waals surface area (Å²) in [4.78, 5) is 20.3. The molecule has 0 aromatic carbocycles. The third-order valence-electron chi connectivity index (χ3n) is 2.44. The number of anilines is 2. The molecule has 0 saturated carbocycles. The lowest BCUT2D eigenvalue weighted by atomic mass is 10.3. The third-order valence-corrected chi connectivity index (χ3v) is 3.67. The summed E-state index contributed by atoms with van der Waals surface area (Å²) in [6.45, 7) is 4.03. The number of carbonyl (C=O) groups is 1. The minimum Gasteiger partial charge on any atom is -0.395 e. The molecule has 0 saturated heterocycles. The molecule has 0 atom stereocenters. The zero-order valence-corrected chi connectivity index (χ0v) is 12.0. The number of aliphatic hydroxyl groups is 1. The van der Waals surface area contributed by atoms with Crippen molar-refractivity contribution in [3.8, 4) is 0 Å². The normalized spacial score (nSPS) is 10.8. The van der Waals surface area contributed by atoms with E-state index in [1.54, 1.807) is 4.90 Å². The van der Waals surface area contributed by atoms with Gasteiger partial charge in [0.2, 0.25) is 0 Å². The zero-order valence-electron chi connectivity index (χ0n) is 11.2. The summed E-state index contributed by atoms with van der Waals surface area (Å²) in [5.74, 6) is 0.0689. The number of nitrogens with zero attached hydrogens (tertiary/aromatic N) is 3. The third kappa shape index (κ3) is 3.11. The lowest BCUT2D eigenvalue weighted by Crippen LogP contribution is -2.38. The van der Waals surface area contributed by atoms with Gasteiger partial charge in [-0.25, -0.2) is 4.98 Å². The van der Waals surface area contributed by atoms with E-state index in [2.05, 4.69) is 4.98 Å². The van der Waals surface area contributed by atoms with Gasteiger partial charge >= 0.3 is 0 Å². The van der Waals surface area contributed by atoms with Gasteiger partial charge in [0.05, 0.1) is 6.61 Å². The highest BCUT2D eigenvalue weighted by molar-refractivity contribution is 7.18. The van der Waals surface area contributed by atoms with E-state index in [9.17, 15) is 4.79 Å². The number of amides is 1. The largest absolute Gasteiger partial charge is 0.395 e. The average Bonchev–Trinajstić information content (AvgIpc) is 2.67. The van der Waals surface area contributed by atoms with Crippen LogP contribution < -0.4 is 10.6 Å². The van der Waals surface area contributed by atoms with Crippen molar-refractivity contribution in [2.24, 2.45) is 0 Å². The standard InChI is InChI=1S/C11H20N4O2S/c1-7(2)15(5-6-16)10(17)8-9(12)13-11(18-8)14(3)4/h7,16H,5-6,12H2,1-4H3. The van der Waals surface area contributed by atoms with Gasteiger partial charge < -0.3 is 20.6 Å². The summed E-state index contributed by atoms with van der Waals surface area (Å²) in [6.07, 6.45) is 0. The Morgan fingerprint density at radius 3 is 2.50 bits per heavy atom. The van der Waals surface area contributed by atoms with E-state index in [1.165, 1.54) is 11.3 Å². The predicted molar refractivity (Wildman–Crippen MR) is 74.1 cm³/mol. The summed E-state index contributed by atoms with van der Waals surface area (Å²) in [6, 6.07) is 0.00829. The topological polar surface area (TPSA) is 82.7 Å². The molecule has 0 bridgehead atoms. The number of nitrogen functional groups attached to an aromatic ring is 1. The molecule has 102 valence electrons. The van der Waals surface area contributed by atoms with Crippen LogP contribution in [0.4, 0.5) is 10.9 Å². The van der Waals surface area contributed by atoms with Crippen molar-refractivity contribution in [1.82, 2.24) is 9.88 Å². The van der Waals surface area contributed by atoms with E-state index in [0.29, 0.717) is 16.6 Å². The molecule has 0 aliphatic heterocycles. The second kappa shape index (κ2) is 6.01. The van der Waals surface area contributed by atoms with E-state index in [1.807, 2.05) is 32.8 Å². The number of aromatic nitrogens is 1. The van der Waals surface area contributed by atoms with Gasteiger partial charge in [0, 0.05) is 26.7 Å². The molecule has 6 nitrogen and oxygen atoms in total. The molecule has 1 rings (SSSR count). The molecule has 0 fully saturated rings. The number of carbonyl (C=O) groups excluding carboxylic acids is 1. The first-order chi connectivity index (χ1) is 8.38. The number of hydrogen-bond acceptors (Lipinski definition) is 6. The van der Waals surface area contributed by atoms with Crippen molar-refractivity contribution in [1.29, 1.82) is 0 Å². The summed E-state index contributed by atoms with van der Waals surface area (Å²) in [5, 5.41) is 9.70. The Morgan fingerprint density at radius 1 is 1.50 bits per heavy atom. The number of aliphatic hydroxyl groups excluding tert-OH is 1. The molecule has 3 N–H and O–H groups in total. The zero-order chi connectivity index (χ0) is 13.9. The second-order valence-electron chi connectivity index (χ2n) is 4.42. The van der Waals surface area contributed by atoms with E-state index in [-0.39, 0.29) is 24.4 Å². The monoisotopic (exact) mass is 272 g/mol. The molecule has 0 aliphatic carbocycles. The molecule has 0 aliphatic rings. The van der Waals surface area contributed by atoms with Crippen LogP contribution in [0.1, 0.15) is 23.5 Å². The maximum absolute atomic E-state index is 12.3. The molecular formula is C11H20N4O2S. The van der Waals surface area contributed by atoms with Crippen molar-refractivity contribution >= 4 is 28.2 Å². The van der Waals surface area contributed by atoms with Crippen LogP contribution in [0.3, 0.4) is 0 Å². The average molecular weight is 272 g/mol. The van der Waals surface area contributed by atoms with Crippen molar-refractivity contribution < 1.29 is 9.90 Å². The minimum atomic E-state index is -0.179. The molecule has 1 aromatic rings. The van der Waals surface area contributed by atoms with Gasteiger partial charge in [-0.15, -0.1) is 0 Å². The number of rotatable bonds is 5. The van der Waals surface area contributed by atoms with Crippen LogP contribution in [0, 0.1) is 0 Å². The number of thiazole rings is 1. The van der Waals surface area contributed by atoms with Crippen LogP contribution in [0.15, 0.2) is 0 Å². The van der Waals surface area contributed by atoms with Crippen molar-refractivity contribution in [2.45, 2.75) is 19.9 Å². The van der Waals surface area contributed by atoms with Gasteiger partial charge in [0.1, 0.15) is 10.7 Å². The first-order valence-corrected chi connectivity index (χ1v) is 6.55. The van der Waals surface area contributed by atoms with Gasteiger partial charge in [-0.3, -0.25) is 4.79 Å². The Bertz CT molecular complexity index is 417. The van der Waals surface area contributed by atoms with E-state index < -0.39 is 0 Å². The van der Waals surface area contributed by atoms with Gasteiger partial charge in [0.25, 0.3) is 5.91 Å². The van der Waals surface area contributed by atoms with E-state index in [4.69, 9.17) is 10.8 Å². The molecule has 7 heteroatoms. The second-order valence-corrected chi connectivity index (χ2v) is 5.40. The Morgan fingerprint density at radius 2 is 2.11 bits per heavy atom. The lowest BCUT2D eigenvalue weighted by Gasteiger charge is -2.25. The van der Waals surface area contributed by atoms with Gasteiger partial charge in [-0.05, 0) is 13.8 Å². The fourth-order valence-electron chi connectivity index (χ4n) is 1.50. The first kappa shape index (κ1) is 14.7.